The van der Waals surface area contributed by atoms with Crippen LogP contribution in [0.4, 0.5) is 0 Å². The molecule has 0 spiro atoms. The zero-order valence-corrected chi connectivity index (χ0v) is 16.8. The molecule has 3 aromatic rings. The van der Waals surface area contributed by atoms with Crippen LogP contribution in [0.2, 0.25) is 0 Å². The zero-order valence-electron chi connectivity index (χ0n) is 16.0. The SMILES string of the molecule is COC(=O)CCCCc1c(C)nc2sc3c(c2c1-c1ccccc1)CCC3. The lowest BCUT2D eigenvalue weighted by Gasteiger charge is -2.15. The van der Waals surface area contributed by atoms with E-state index < -0.39 is 0 Å². The topological polar surface area (TPSA) is 39.2 Å². The first kappa shape index (κ1) is 18.2. The standard InChI is InChI=1S/C23H25NO2S/c1-15-17(11-6-7-14-20(25)26-2)21(16-9-4-3-5-10-16)22-18-12-8-13-19(18)27-23(22)24-15/h3-5,9-10H,6-8,11-14H2,1-2H3. The van der Waals surface area contributed by atoms with Gasteiger partial charge in [-0.05, 0) is 67.7 Å². The summed E-state index contributed by atoms with van der Waals surface area (Å²) in [7, 11) is 1.45. The minimum Gasteiger partial charge on any atom is -0.469 e. The summed E-state index contributed by atoms with van der Waals surface area (Å²) < 4.78 is 4.77. The van der Waals surface area contributed by atoms with E-state index in [0.29, 0.717) is 6.42 Å². The van der Waals surface area contributed by atoms with Gasteiger partial charge in [0.25, 0.3) is 0 Å². The van der Waals surface area contributed by atoms with Crippen LogP contribution in [0.3, 0.4) is 0 Å². The Morgan fingerprint density at radius 3 is 2.78 bits per heavy atom. The molecule has 4 heteroatoms. The molecule has 0 bridgehead atoms. The van der Waals surface area contributed by atoms with Crippen LogP contribution in [0.15, 0.2) is 30.3 Å². The summed E-state index contributed by atoms with van der Waals surface area (Å²) >= 11 is 1.88. The fourth-order valence-corrected chi connectivity index (χ4v) is 5.50. The second-order valence-corrected chi connectivity index (χ2v) is 8.32. The molecule has 0 N–H and O–H groups in total. The number of pyridine rings is 1. The van der Waals surface area contributed by atoms with Gasteiger partial charge in [0.05, 0.1) is 7.11 Å². The third kappa shape index (κ3) is 3.51. The molecular formula is C23H25NO2S. The highest BCUT2D eigenvalue weighted by molar-refractivity contribution is 7.19. The largest absolute Gasteiger partial charge is 0.469 e. The molecule has 1 aliphatic rings. The summed E-state index contributed by atoms with van der Waals surface area (Å²) in [4.78, 5) is 19.1. The van der Waals surface area contributed by atoms with E-state index in [0.717, 1.165) is 25.0 Å². The molecule has 0 fully saturated rings. The number of carbonyl (C=O) groups excluding carboxylic acids is 1. The number of ether oxygens (including phenoxy) is 1. The van der Waals surface area contributed by atoms with Crippen molar-refractivity contribution < 1.29 is 9.53 Å². The van der Waals surface area contributed by atoms with Gasteiger partial charge in [-0.1, -0.05) is 30.3 Å². The van der Waals surface area contributed by atoms with Crippen molar-refractivity contribution in [2.75, 3.05) is 7.11 Å². The monoisotopic (exact) mass is 379 g/mol. The molecule has 1 aromatic carbocycles. The minimum absolute atomic E-state index is 0.126. The number of benzene rings is 1. The van der Waals surface area contributed by atoms with Gasteiger partial charge in [-0.3, -0.25) is 4.79 Å². The molecule has 0 saturated carbocycles. The highest BCUT2D eigenvalue weighted by atomic mass is 32.1. The van der Waals surface area contributed by atoms with Crippen molar-refractivity contribution in [2.45, 2.75) is 51.9 Å². The number of fused-ring (bicyclic) bond motifs is 3. The fourth-order valence-electron chi connectivity index (χ4n) is 4.18. The van der Waals surface area contributed by atoms with Gasteiger partial charge in [-0.15, -0.1) is 11.3 Å². The van der Waals surface area contributed by atoms with E-state index in [1.807, 2.05) is 11.3 Å². The van der Waals surface area contributed by atoms with Crippen LogP contribution < -0.4 is 0 Å². The Hall–Kier alpha value is -2.20. The number of methoxy groups -OCH3 is 1. The predicted molar refractivity (Wildman–Crippen MR) is 111 cm³/mol. The fraction of sp³-hybridized carbons (Fsp3) is 0.391. The Bertz CT molecular complexity index is 975. The Kier molecular flexibility index (Phi) is 5.26. The van der Waals surface area contributed by atoms with Crippen LogP contribution in [0.1, 0.15) is 47.4 Å². The van der Waals surface area contributed by atoms with Gasteiger partial charge in [-0.25, -0.2) is 4.98 Å². The first-order valence-corrected chi connectivity index (χ1v) is 10.6. The maximum absolute atomic E-state index is 11.4. The normalized spacial score (nSPS) is 13.1. The van der Waals surface area contributed by atoms with E-state index in [1.165, 1.54) is 63.7 Å². The average molecular weight is 380 g/mol. The van der Waals surface area contributed by atoms with Crippen LogP contribution >= 0.6 is 11.3 Å². The average Bonchev–Trinajstić information content (AvgIpc) is 3.26. The molecule has 2 heterocycles. The maximum Gasteiger partial charge on any atom is 0.305 e. The van der Waals surface area contributed by atoms with E-state index in [-0.39, 0.29) is 5.97 Å². The quantitative estimate of drug-likeness (QED) is 0.410. The number of thiophene rings is 1. The Labute approximate surface area is 164 Å². The number of hydrogen-bond acceptors (Lipinski definition) is 4. The second kappa shape index (κ2) is 7.81. The number of hydrogen-bond donors (Lipinski definition) is 0. The lowest BCUT2D eigenvalue weighted by Crippen LogP contribution is -2.02. The minimum atomic E-state index is -0.126. The molecule has 4 rings (SSSR count). The van der Waals surface area contributed by atoms with Gasteiger partial charge >= 0.3 is 5.97 Å². The van der Waals surface area contributed by atoms with Gasteiger partial charge < -0.3 is 4.74 Å². The predicted octanol–water partition coefficient (Wildman–Crippen LogP) is 5.65. The lowest BCUT2D eigenvalue weighted by molar-refractivity contribution is -0.140. The van der Waals surface area contributed by atoms with Crippen molar-refractivity contribution >= 4 is 27.5 Å². The van der Waals surface area contributed by atoms with Gasteiger partial charge in [0.2, 0.25) is 0 Å². The van der Waals surface area contributed by atoms with Crippen LogP contribution in [0, 0.1) is 6.92 Å². The summed E-state index contributed by atoms with van der Waals surface area (Å²) in [6.07, 6.45) is 6.86. The summed E-state index contributed by atoms with van der Waals surface area (Å²) in [6, 6.07) is 10.7. The number of carbonyl (C=O) groups is 1. The summed E-state index contributed by atoms with van der Waals surface area (Å²) in [6.45, 7) is 2.13. The molecule has 0 aliphatic heterocycles. The molecule has 3 nitrogen and oxygen atoms in total. The highest BCUT2D eigenvalue weighted by Gasteiger charge is 2.24. The van der Waals surface area contributed by atoms with Crippen LogP contribution in [-0.4, -0.2) is 18.1 Å². The first-order chi connectivity index (χ1) is 13.2. The number of rotatable bonds is 6. The van der Waals surface area contributed by atoms with Crippen molar-refractivity contribution in [3.8, 4) is 11.1 Å². The van der Waals surface area contributed by atoms with Crippen LogP contribution in [-0.2, 0) is 28.8 Å². The lowest BCUT2D eigenvalue weighted by atomic mass is 9.91. The van der Waals surface area contributed by atoms with Crippen molar-refractivity contribution in [1.29, 1.82) is 0 Å². The van der Waals surface area contributed by atoms with E-state index in [1.54, 1.807) is 0 Å². The van der Waals surface area contributed by atoms with E-state index >= 15 is 0 Å². The molecule has 0 radical (unpaired) electrons. The van der Waals surface area contributed by atoms with E-state index in [9.17, 15) is 4.79 Å². The number of nitrogens with zero attached hydrogens (tertiary/aromatic N) is 1. The summed E-state index contributed by atoms with van der Waals surface area (Å²) in [5.41, 5.74) is 6.64. The number of unbranched alkanes of at least 4 members (excludes halogenated alkanes) is 1. The molecule has 27 heavy (non-hydrogen) atoms. The van der Waals surface area contributed by atoms with Gasteiger partial charge in [0.1, 0.15) is 4.83 Å². The number of esters is 1. The first-order valence-electron chi connectivity index (χ1n) is 9.75. The van der Waals surface area contributed by atoms with Crippen LogP contribution in [0.5, 0.6) is 0 Å². The Morgan fingerprint density at radius 1 is 1.19 bits per heavy atom. The zero-order chi connectivity index (χ0) is 18.8. The van der Waals surface area contributed by atoms with Crippen molar-refractivity contribution in [2.24, 2.45) is 0 Å². The highest BCUT2D eigenvalue weighted by Crippen LogP contribution is 2.43. The van der Waals surface area contributed by atoms with Crippen molar-refractivity contribution in [3.05, 3.63) is 52.0 Å². The molecule has 0 atom stereocenters. The third-order valence-corrected chi connectivity index (χ3v) is 6.69. The second-order valence-electron chi connectivity index (χ2n) is 7.24. The number of aryl methyl sites for hydroxylation is 3. The number of aromatic nitrogens is 1. The van der Waals surface area contributed by atoms with Gasteiger partial charge in [-0.2, -0.15) is 0 Å². The summed E-state index contributed by atoms with van der Waals surface area (Å²) in [5.74, 6) is -0.126. The van der Waals surface area contributed by atoms with Crippen molar-refractivity contribution in [3.63, 3.8) is 0 Å². The van der Waals surface area contributed by atoms with Crippen molar-refractivity contribution in [1.82, 2.24) is 4.98 Å². The van der Waals surface area contributed by atoms with E-state index in [2.05, 4.69) is 37.3 Å². The van der Waals surface area contributed by atoms with Crippen LogP contribution in [0.25, 0.3) is 21.3 Å². The molecular weight excluding hydrogens is 354 g/mol. The molecule has 0 unspecified atom stereocenters. The molecule has 140 valence electrons. The Balaban J connectivity index is 1.77. The molecule has 0 saturated heterocycles. The van der Waals surface area contributed by atoms with E-state index in [4.69, 9.17) is 9.72 Å². The van der Waals surface area contributed by atoms with Gasteiger partial charge in [0, 0.05) is 22.4 Å². The maximum atomic E-state index is 11.4. The Morgan fingerprint density at radius 2 is 2.00 bits per heavy atom. The van der Waals surface area contributed by atoms with Gasteiger partial charge in [0.15, 0.2) is 0 Å². The summed E-state index contributed by atoms with van der Waals surface area (Å²) in [5, 5.41) is 1.38. The molecule has 1 aliphatic carbocycles. The molecule has 0 amide bonds. The third-order valence-electron chi connectivity index (χ3n) is 5.51. The molecule has 2 aromatic heterocycles. The smallest absolute Gasteiger partial charge is 0.305 e.